The molecule has 0 bridgehead atoms. The molecular formula is C24H36IN3O3. The summed E-state index contributed by atoms with van der Waals surface area (Å²) in [5.41, 5.74) is 3.11. The Morgan fingerprint density at radius 2 is 1.61 bits per heavy atom. The topological polar surface area (TPSA) is 75.1 Å². The Bertz CT molecular complexity index is 765. The molecule has 3 N–H and O–H groups in total. The molecule has 7 heteroatoms. The first-order valence-electron chi connectivity index (χ1n) is 10.6. The maximum absolute atomic E-state index is 10.5. The van der Waals surface area contributed by atoms with Gasteiger partial charge >= 0.3 is 0 Å². The SMILES string of the molecule is CCNC(=NCc1ccc(COCC)cc1)NCC(O)c1ccc(OC(C)C)cc1.I. The van der Waals surface area contributed by atoms with Crippen LogP contribution >= 0.6 is 24.0 Å². The molecule has 1 atom stereocenters. The average molecular weight is 541 g/mol. The van der Waals surface area contributed by atoms with E-state index in [0.29, 0.717) is 32.3 Å². The summed E-state index contributed by atoms with van der Waals surface area (Å²) in [6.07, 6.45) is -0.512. The number of hydrogen-bond donors (Lipinski definition) is 3. The van der Waals surface area contributed by atoms with Crippen molar-refractivity contribution in [2.75, 3.05) is 19.7 Å². The highest BCUT2D eigenvalue weighted by Gasteiger charge is 2.09. The summed E-state index contributed by atoms with van der Waals surface area (Å²) in [5.74, 6) is 1.48. The van der Waals surface area contributed by atoms with Crippen LogP contribution in [0.25, 0.3) is 0 Å². The third-order valence-electron chi connectivity index (χ3n) is 4.36. The van der Waals surface area contributed by atoms with E-state index >= 15 is 0 Å². The lowest BCUT2D eigenvalue weighted by atomic mass is 10.1. The Hall–Kier alpha value is -1.84. The van der Waals surface area contributed by atoms with Crippen LogP contribution < -0.4 is 15.4 Å². The molecule has 0 aliphatic heterocycles. The highest BCUT2D eigenvalue weighted by molar-refractivity contribution is 14.0. The molecule has 1 unspecified atom stereocenters. The van der Waals surface area contributed by atoms with Gasteiger partial charge in [0.15, 0.2) is 5.96 Å². The summed E-state index contributed by atoms with van der Waals surface area (Å²) >= 11 is 0. The Morgan fingerprint density at radius 3 is 2.19 bits per heavy atom. The number of nitrogens with one attached hydrogen (secondary N) is 2. The van der Waals surface area contributed by atoms with E-state index in [2.05, 4.69) is 39.9 Å². The van der Waals surface area contributed by atoms with E-state index in [1.54, 1.807) is 0 Å². The number of aliphatic hydroxyl groups excluding tert-OH is 1. The summed E-state index contributed by atoms with van der Waals surface area (Å²) in [6.45, 7) is 11.0. The van der Waals surface area contributed by atoms with Crippen molar-refractivity contribution in [1.29, 1.82) is 0 Å². The minimum absolute atomic E-state index is 0. The minimum Gasteiger partial charge on any atom is -0.491 e. The zero-order valence-corrected chi connectivity index (χ0v) is 21.3. The molecule has 0 radical (unpaired) electrons. The van der Waals surface area contributed by atoms with Gasteiger partial charge in [-0.2, -0.15) is 0 Å². The monoisotopic (exact) mass is 541 g/mol. The summed E-state index contributed by atoms with van der Waals surface area (Å²) in [7, 11) is 0. The van der Waals surface area contributed by atoms with Gasteiger partial charge in [0.1, 0.15) is 5.75 Å². The van der Waals surface area contributed by atoms with E-state index in [9.17, 15) is 5.11 Å². The van der Waals surface area contributed by atoms with Gasteiger partial charge in [0.05, 0.1) is 25.4 Å². The number of aliphatic imine (C=N–C) groups is 1. The maximum atomic E-state index is 10.5. The van der Waals surface area contributed by atoms with Gasteiger partial charge in [-0.3, -0.25) is 0 Å². The second kappa shape index (κ2) is 15.0. The molecule has 0 aliphatic rings. The number of halogens is 1. The van der Waals surface area contributed by atoms with Crippen LogP contribution in [0.1, 0.15) is 50.5 Å². The minimum atomic E-state index is -0.639. The van der Waals surface area contributed by atoms with Gasteiger partial charge in [-0.05, 0) is 56.5 Å². The van der Waals surface area contributed by atoms with Crippen LogP contribution in [-0.2, 0) is 17.9 Å². The van der Waals surface area contributed by atoms with Crippen LogP contribution in [0.15, 0.2) is 53.5 Å². The Balaban J connectivity index is 0.00000480. The van der Waals surface area contributed by atoms with Crippen molar-refractivity contribution in [2.45, 2.75) is 53.1 Å². The van der Waals surface area contributed by atoms with Crippen LogP contribution in [0.3, 0.4) is 0 Å². The number of benzene rings is 2. The molecule has 0 saturated carbocycles. The van der Waals surface area contributed by atoms with Crippen LogP contribution in [0, 0.1) is 0 Å². The predicted octanol–water partition coefficient (Wildman–Crippen LogP) is 4.42. The number of aliphatic hydroxyl groups is 1. The summed E-state index contributed by atoms with van der Waals surface area (Å²) in [6, 6.07) is 15.8. The van der Waals surface area contributed by atoms with E-state index in [1.807, 2.05) is 52.0 Å². The molecule has 0 fully saturated rings. The predicted molar refractivity (Wildman–Crippen MR) is 137 cm³/mol. The first kappa shape index (κ1) is 27.2. The molecule has 2 aromatic carbocycles. The second-order valence-electron chi connectivity index (χ2n) is 7.28. The first-order chi connectivity index (χ1) is 14.5. The summed E-state index contributed by atoms with van der Waals surface area (Å²) in [4.78, 5) is 4.62. The van der Waals surface area contributed by atoms with Gasteiger partial charge in [-0.15, -0.1) is 24.0 Å². The lowest BCUT2D eigenvalue weighted by Crippen LogP contribution is -2.39. The van der Waals surface area contributed by atoms with Crippen LogP contribution in [0.4, 0.5) is 0 Å². The number of hydrogen-bond acceptors (Lipinski definition) is 4. The first-order valence-corrected chi connectivity index (χ1v) is 10.6. The van der Waals surface area contributed by atoms with Crippen molar-refractivity contribution >= 4 is 29.9 Å². The van der Waals surface area contributed by atoms with Crippen molar-refractivity contribution in [1.82, 2.24) is 10.6 Å². The van der Waals surface area contributed by atoms with Gasteiger partial charge in [0.25, 0.3) is 0 Å². The molecule has 2 rings (SSSR count). The third-order valence-corrected chi connectivity index (χ3v) is 4.36. The van der Waals surface area contributed by atoms with E-state index in [1.165, 1.54) is 0 Å². The van der Waals surface area contributed by atoms with E-state index < -0.39 is 6.10 Å². The quantitative estimate of drug-likeness (QED) is 0.223. The van der Waals surface area contributed by atoms with Crippen molar-refractivity contribution in [2.24, 2.45) is 4.99 Å². The highest BCUT2D eigenvalue weighted by atomic mass is 127. The zero-order chi connectivity index (χ0) is 21.8. The van der Waals surface area contributed by atoms with Crippen molar-refractivity contribution < 1.29 is 14.6 Å². The molecule has 31 heavy (non-hydrogen) atoms. The highest BCUT2D eigenvalue weighted by Crippen LogP contribution is 2.18. The molecule has 0 aliphatic carbocycles. The molecule has 0 saturated heterocycles. The Labute approximate surface area is 203 Å². The van der Waals surface area contributed by atoms with E-state index in [4.69, 9.17) is 9.47 Å². The lowest BCUT2D eigenvalue weighted by Gasteiger charge is -2.16. The van der Waals surface area contributed by atoms with Gasteiger partial charge in [-0.25, -0.2) is 4.99 Å². The molecule has 0 amide bonds. The van der Waals surface area contributed by atoms with E-state index in [-0.39, 0.29) is 30.1 Å². The number of ether oxygens (including phenoxy) is 2. The molecular weight excluding hydrogens is 505 g/mol. The van der Waals surface area contributed by atoms with Gasteiger partial charge in [0, 0.05) is 19.7 Å². The number of nitrogens with zero attached hydrogens (tertiary/aromatic N) is 1. The second-order valence-corrected chi connectivity index (χ2v) is 7.28. The van der Waals surface area contributed by atoms with Crippen LogP contribution in [0.5, 0.6) is 5.75 Å². The fourth-order valence-corrected chi connectivity index (χ4v) is 2.82. The number of guanidine groups is 1. The summed E-state index contributed by atoms with van der Waals surface area (Å²) in [5, 5.41) is 16.9. The smallest absolute Gasteiger partial charge is 0.191 e. The fourth-order valence-electron chi connectivity index (χ4n) is 2.82. The van der Waals surface area contributed by atoms with E-state index in [0.717, 1.165) is 29.0 Å². The fraction of sp³-hybridized carbons (Fsp3) is 0.458. The molecule has 0 spiro atoms. The molecule has 6 nitrogen and oxygen atoms in total. The van der Waals surface area contributed by atoms with Gasteiger partial charge < -0.3 is 25.2 Å². The normalized spacial score (nSPS) is 12.3. The third kappa shape index (κ3) is 10.3. The Morgan fingerprint density at radius 1 is 0.968 bits per heavy atom. The molecule has 0 heterocycles. The van der Waals surface area contributed by atoms with Crippen molar-refractivity contribution in [3.8, 4) is 5.75 Å². The standard InChI is InChI=1S/C24H35N3O3.HI/c1-5-25-24(26-15-19-7-9-20(10-8-19)17-29-6-2)27-16-23(28)21-11-13-22(14-12-21)30-18(3)4;/h7-14,18,23,28H,5-6,15-17H2,1-4H3,(H2,25,26,27);1H. The summed E-state index contributed by atoms with van der Waals surface area (Å²) < 4.78 is 11.1. The van der Waals surface area contributed by atoms with Crippen molar-refractivity contribution in [3.63, 3.8) is 0 Å². The lowest BCUT2D eigenvalue weighted by molar-refractivity contribution is 0.134. The number of rotatable bonds is 11. The molecule has 0 aromatic heterocycles. The Kier molecular flexibility index (Phi) is 13.2. The van der Waals surface area contributed by atoms with Gasteiger partial charge in [-0.1, -0.05) is 36.4 Å². The zero-order valence-electron chi connectivity index (χ0n) is 18.9. The average Bonchev–Trinajstić information content (AvgIpc) is 2.75. The molecule has 172 valence electrons. The van der Waals surface area contributed by atoms with Crippen LogP contribution in [-0.4, -0.2) is 36.9 Å². The van der Waals surface area contributed by atoms with Crippen LogP contribution in [0.2, 0.25) is 0 Å². The van der Waals surface area contributed by atoms with Crippen molar-refractivity contribution in [3.05, 3.63) is 65.2 Å². The molecule has 2 aromatic rings. The maximum Gasteiger partial charge on any atom is 0.191 e. The van der Waals surface area contributed by atoms with Gasteiger partial charge in [0.2, 0.25) is 0 Å². The largest absolute Gasteiger partial charge is 0.491 e.